The summed E-state index contributed by atoms with van der Waals surface area (Å²) >= 11 is 0. The molecule has 4 nitrogen and oxygen atoms in total. The molecule has 1 atom stereocenters. The summed E-state index contributed by atoms with van der Waals surface area (Å²) in [6.45, 7) is 0.881. The molecule has 4 heteroatoms. The average molecular weight is 440 g/mol. The first kappa shape index (κ1) is 10.7. The number of carbonyl (C=O) groups excluding carboxylic acids is 1. The van der Waals surface area contributed by atoms with Crippen LogP contribution in [-0.4, -0.2) is 37.0 Å². The number of benzene rings is 3. The predicted molar refractivity (Wildman–Crippen MR) is 127 cm³/mol. The molecule has 3 aromatic carbocycles. The first-order valence-corrected chi connectivity index (χ1v) is 10.5. The summed E-state index contributed by atoms with van der Waals surface area (Å²) in [4.78, 5) is 15.7. The number of carbonyl (C=O) groups is 1. The lowest BCUT2D eigenvalue weighted by molar-refractivity contribution is -0.123. The van der Waals surface area contributed by atoms with Gasteiger partial charge in [-0.1, -0.05) is 72.5 Å². The maximum atomic E-state index is 13.8. The van der Waals surface area contributed by atoms with E-state index in [1.807, 2.05) is 4.90 Å². The fraction of sp³-hybridized carbons (Fsp3) is 0.321. The van der Waals surface area contributed by atoms with Crippen LogP contribution >= 0.6 is 0 Å². The molecule has 2 heterocycles. The van der Waals surface area contributed by atoms with Crippen molar-refractivity contribution in [2.45, 2.75) is 24.7 Å². The molecule has 0 saturated carbocycles. The van der Waals surface area contributed by atoms with Gasteiger partial charge in [0.15, 0.2) is 0 Å². The normalized spacial score (nSPS) is 24.0. The van der Waals surface area contributed by atoms with Gasteiger partial charge in [-0.2, -0.15) is 0 Å². The van der Waals surface area contributed by atoms with Crippen LogP contribution in [0.5, 0.6) is 5.75 Å². The Balaban J connectivity index is 1.65. The SMILES string of the molecule is [2H]c1c([2H])c([2H])c(C(C(N)=O)(c2c([2H])c([2H])c([2H])c([2H])c2[2H])[C@@H]2CCN(CCc3c([2H])c([2H])c4c(c3[2H])CCO4)C2)c([2H])c1[2H]. The maximum absolute atomic E-state index is 13.8. The van der Waals surface area contributed by atoms with Crippen LogP contribution < -0.4 is 10.5 Å². The van der Waals surface area contributed by atoms with E-state index in [4.69, 9.17) is 28.3 Å². The molecule has 3 aromatic rings. The highest BCUT2D eigenvalue weighted by Gasteiger charge is 2.49. The lowest BCUT2D eigenvalue weighted by atomic mass is 9.64. The molecular weight excluding hydrogens is 396 g/mol. The van der Waals surface area contributed by atoms with E-state index < -0.39 is 88.8 Å². The second-order valence-electron chi connectivity index (χ2n) is 7.97. The molecule has 164 valence electrons. The first-order valence-electron chi connectivity index (χ1n) is 17.0. The Morgan fingerprint density at radius 1 is 1.06 bits per heavy atom. The Morgan fingerprint density at radius 2 is 1.75 bits per heavy atom. The van der Waals surface area contributed by atoms with Crippen molar-refractivity contribution >= 4 is 5.91 Å². The fourth-order valence-corrected chi connectivity index (χ4v) is 4.69. The number of primary amides is 1. The molecule has 0 unspecified atom stereocenters. The highest BCUT2D eigenvalue weighted by Crippen LogP contribution is 2.43. The van der Waals surface area contributed by atoms with Gasteiger partial charge in [0.25, 0.3) is 0 Å². The van der Waals surface area contributed by atoms with Gasteiger partial charge in [0, 0.05) is 19.5 Å². The highest BCUT2D eigenvalue weighted by atomic mass is 16.5. The third kappa shape index (κ3) is 3.69. The third-order valence-corrected chi connectivity index (χ3v) is 6.24. The van der Waals surface area contributed by atoms with Crippen LogP contribution in [0.4, 0.5) is 0 Å². The molecule has 5 rings (SSSR count). The fourth-order valence-electron chi connectivity index (χ4n) is 4.69. The summed E-state index contributed by atoms with van der Waals surface area (Å²) in [6.07, 6.45) is 0.781. The second kappa shape index (κ2) is 8.79. The number of nitrogens with zero attached hydrogens (tertiary/aromatic N) is 1. The molecule has 0 bridgehead atoms. The Labute approximate surface area is 208 Å². The molecular formula is C28H30N2O2. The van der Waals surface area contributed by atoms with Crippen LogP contribution in [0, 0.1) is 5.92 Å². The van der Waals surface area contributed by atoms with Crippen LogP contribution in [0.1, 0.15) is 46.5 Å². The van der Waals surface area contributed by atoms with Crippen molar-refractivity contribution < 1.29 is 27.4 Å². The molecule has 32 heavy (non-hydrogen) atoms. The molecule has 1 saturated heterocycles. The van der Waals surface area contributed by atoms with E-state index in [0.29, 0.717) is 30.7 Å². The number of likely N-dealkylation sites (tertiary alicyclic amines) is 1. The topological polar surface area (TPSA) is 55.6 Å². The number of nitrogens with two attached hydrogens (primary N) is 1. The van der Waals surface area contributed by atoms with Crippen molar-refractivity contribution in [3.63, 3.8) is 0 Å². The van der Waals surface area contributed by atoms with Crippen LogP contribution in [0.2, 0.25) is 0 Å². The van der Waals surface area contributed by atoms with Gasteiger partial charge in [-0.05, 0) is 53.6 Å². The molecule has 0 aliphatic carbocycles. The smallest absolute Gasteiger partial charge is 0.232 e. The van der Waals surface area contributed by atoms with Gasteiger partial charge in [-0.25, -0.2) is 0 Å². The van der Waals surface area contributed by atoms with Crippen molar-refractivity contribution in [2.75, 3.05) is 26.2 Å². The van der Waals surface area contributed by atoms with Crippen molar-refractivity contribution in [3.8, 4) is 5.75 Å². The van der Waals surface area contributed by atoms with Gasteiger partial charge in [-0.3, -0.25) is 4.79 Å². The van der Waals surface area contributed by atoms with E-state index in [-0.39, 0.29) is 49.8 Å². The van der Waals surface area contributed by atoms with Crippen molar-refractivity contribution in [1.29, 1.82) is 0 Å². The van der Waals surface area contributed by atoms with Crippen molar-refractivity contribution in [1.82, 2.24) is 4.90 Å². The maximum Gasteiger partial charge on any atom is 0.232 e. The van der Waals surface area contributed by atoms with Crippen LogP contribution in [-0.2, 0) is 23.1 Å². The van der Waals surface area contributed by atoms with Gasteiger partial charge in [0.05, 0.1) is 24.4 Å². The Bertz CT molecular complexity index is 1640. The van der Waals surface area contributed by atoms with E-state index in [1.54, 1.807) is 0 Å². The highest BCUT2D eigenvalue weighted by molar-refractivity contribution is 5.91. The molecule has 2 N–H and O–H groups in total. The van der Waals surface area contributed by atoms with E-state index >= 15 is 0 Å². The Morgan fingerprint density at radius 3 is 2.41 bits per heavy atom. The monoisotopic (exact) mass is 439 g/mol. The lowest BCUT2D eigenvalue weighted by Crippen LogP contribution is -2.49. The largest absolute Gasteiger partial charge is 0.493 e. The molecule has 2 aliphatic heterocycles. The molecule has 0 aromatic heterocycles. The van der Waals surface area contributed by atoms with Gasteiger partial charge < -0.3 is 15.4 Å². The summed E-state index contributed by atoms with van der Waals surface area (Å²) in [5.74, 6) is -1.97. The van der Waals surface area contributed by atoms with Gasteiger partial charge >= 0.3 is 0 Å². The average Bonchev–Trinajstić information content (AvgIpc) is 3.70. The molecule has 0 spiro atoms. The lowest BCUT2D eigenvalue weighted by Gasteiger charge is -2.37. The third-order valence-electron chi connectivity index (χ3n) is 6.24. The molecule has 2 aliphatic rings. The number of fused-ring (bicyclic) bond motifs is 1. The summed E-state index contributed by atoms with van der Waals surface area (Å²) in [5, 5.41) is 0. The minimum Gasteiger partial charge on any atom is -0.493 e. The van der Waals surface area contributed by atoms with Crippen LogP contribution in [0.15, 0.2) is 78.6 Å². The Hall–Kier alpha value is -3.11. The first-order chi connectivity index (χ1) is 21.1. The van der Waals surface area contributed by atoms with Crippen molar-refractivity contribution in [3.05, 3.63) is 101 Å². The van der Waals surface area contributed by atoms with Crippen LogP contribution in [0.3, 0.4) is 0 Å². The summed E-state index contributed by atoms with van der Waals surface area (Å²) in [6, 6.07) is -7.71. The zero-order valence-electron chi connectivity index (χ0n) is 30.4. The molecule has 1 amide bonds. The van der Waals surface area contributed by atoms with Crippen molar-refractivity contribution in [2.24, 2.45) is 11.7 Å². The number of hydrogen-bond donors (Lipinski definition) is 1. The van der Waals surface area contributed by atoms with E-state index in [1.165, 1.54) is 0 Å². The molecule has 1 fully saturated rings. The predicted octanol–water partition coefficient (Wildman–Crippen LogP) is 3.96. The van der Waals surface area contributed by atoms with E-state index in [0.717, 1.165) is 0 Å². The van der Waals surface area contributed by atoms with E-state index in [9.17, 15) is 4.79 Å². The standard InChI is InChI=1S/C28H30N2O2/c29-27(31)28(23-7-3-1-4-8-23,24-9-5-2-6-10-24)25-14-17-30(20-25)16-13-21-11-12-26-22(19-21)15-18-32-26/h1-12,19,25H,13-18,20H2,(H2,29,31)/t25-/m1/s1/i1D,2D,3D,4D,5D,6D,7D,8D,9D,10D,11D,12D,19D. The number of ether oxygens (including phenoxy) is 1. The van der Waals surface area contributed by atoms with Crippen LogP contribution in [0.25, 0.3) is 0 Å². The minimum absolute atomic E-state index is 0.00966. The van der Waals surface area contributed by atoms with Gasteiger partial charge in [0.1, 0.15) is 11.2 Å². The summed E-state index contributed by atoms with van der Waals surface area (Å²) in [5.41, 5.74) is 3.45. The van der Waals surface area contributed by atoms with Gasteiger partial charge in [-0.15, -0.1) is 0 Å². The summed E-state index contributed by atoms with van der Waals surface area (Å²) < 4.78 is 115. The number of amides is 1. The Kier molecular flexibility index (Phi) is 2.93. The molecule has 0 radical (unpaired) electrons. The van der Waals surface area contributed by atoms with E-state index in [2.05, 4.69) is 0 Å². The quantitative estimate of drug-likeness (QED) is 0.606. The summed E-state index contributed by atoms with van der Waals surface area (Å²) in [7, 11) is 0. The zero-order valence-corrected chi connectivity index (χ0v) is 17.4. The number of hydrogen-bond acceptors (Lipinski definition) is 3. The number of rotatable bonds is 7. The van der Waals surface area contributed by atoms with Gasteiger partial charge in [0.2, 0.25) is 5.91 Å². The minimum atomic E-state index is -2.42. The second-order valence-corrected chi connectivity index (χ2v) is 7.97. The zero-order chi connectivity index (χ0) is 33.3.